The average Bonchev–Trinajstić information content (AvgIpc) is 3.21. The Labute approximate surface area is 177 Å². The van der Waals surface area contributed by atoms with Gasteiger partial charge in [0.15, 0.2) is 0 Å². The Morgan fingerprint density at radius 2 is 1.69 bits per heavy atom. The van der Waals surface area contributed by atoms with Crippen molar-refractivity contribution in [1.29, 1.82) is 0 Å². The first kappa shape index (κ1) is 20.4. The minimum Gasteiger partial charge on any atom is -0.467 e. The molecule has 0 unspecified atom stereocenters. The molecule has 0 saturated carbocycles. The molecule has 0 radical (unpaired) electrons. The molecule has 3 heterocycles. The minimum absolute atomic E-state index is 0.203. The lowest BCUT2D eigenvalue weighted by atomic mass is 9.96. The molecule has 6 heteroatoms. The van der Waals surface area contributed by atoms with Gasteiger partial charge in [0.1, 0.15) is 6.10 Å². The van der Waals surface area contributed by atoms with E-state index in [0.717, 1.165) is 73.7 Å². The van der Waals surface area contributed by atoms with Crippen molar-refractivity contribution < 1.29 is 9.53 Å². The third-order valence-electron chi connectivity index (χ3n) is 6.31. The monoisotopic (exact) mass is 413 g/mol. The van der Waals surface area contributed by atoms with Crippen molar-refractivity contribution in [1.82, 2.24) is 14.8 Å². The molecule has 29 heavy (non-hydrogen) atoms. The van der Waals surface area contributed by atoms with Crippen LogP contribution in [-0.4, -0.2) is 59.0 Å². The molecular formula is C23H31N3O2S. The zero-order valence-electron chi connectivity index (χ0n) is 17.7. The van der Waals surface area contributed by atoms with E-state index in [1.54, 1.807) is 17.5 Å². The van der Waals surface area contributed by atoms with Crippen molar-refractivity contribution in [2.45, 2.75) is 58.6 Å². The molecule has 4 rings (SSSR count). The van der Waals surface area contributed by atoms with Gasteiger partial charge in [0.2, 0.25) is 0 Å². The number of benzene rings is 1. The first-order valence-electron chi connectivity index (χ1n) is 10.7. The summed E-state index contributed by atoms with van der Waals surface area (Å²) < 4.78 is 5.99. The number of thiazole rings is 1. The molecular weight excluding hydrogens is 382 g/mol. The van der Waals surface area contributed by atoms with E-state index in [-0.39, 0.29) is 12.0 Å². The number of ether oxygens (including phenoxy) is 1. The highest BCUT2D eigenvalue weighted by atomic mass is 32.1. The lowest BCUT2D eigenvalue weighted by Crippen LogP contribution is -2.50. The van der Waals surface area contributed by atoms with E-state index >= 15 is 0 Å². The molecule has 2 aromatic rings. The number of amides is 1. The summed E-state index contributed by atoms with van der Waals surface area (Å²) in [5.41, 5.74) is 4.31. The SMILES string of the molecule is Cc1cc(C)c(C(=O)N2CCC(N3CCC(Oc4nccs4)CC3)CC2)c(C)c1. The highest BCUT2D eigenvalue weighted by molar-refractivity contribution is 7.11. The van der Waals surface area contributed by atoms with Crippen LogP contribution in [0.5, 0.6) is 5.19 Å². The zero-order chi connectivity index (χ0) is 20.4. The molecule has 2 saturated heterocycles. The Morgan fingerprint density at radius 1 is 1.03 bits per heavy atom. The number of hydrogen-bond donors (Lipinski definition) is 0. The van der Waals surface area contributed by atoms with Crippen LogP contribution >= 0.6 is 11.3 Å². The number of carbonyl (C=O) groups is 1. The third-order valence-corrected chi connectivity index (χ3v) is 6.97. The van der Waals surface area contributed by atoms with Crippen molar-refractivity contribution in [3.05, 3.63) is 46.0 Å². The maximum Gasteiger partial charge on any atom is 0.273 e. The van der Waals surface area contributed by atoms with Gasteiger partial charge in [0.05, 0.1) is 0 Å². The summed E-state index contributed by atoms with van der Waals surface area (Å²) in [6.07, 6.45) is 6.32. The number of aryl methyl sites for hydroxylation is 3. The van der Waals surface area contributed by atoms with Crippen LogP contribution in [0, 0.1) is 20.8 Å². The van der Waals surface area contributed by atoms with Gasteiger partial charge in [0.25, 0.3) is 11.1 Å². The number of aromatic nitrogens is 1. The molecule has 0 N–H and O–H groups in total. The largest absolute Gasteiger partial charge is 0.467 e. The molecule has 2 aliphatic rings. The summed E-state index contributed by atoms with van der Waals surface area (Å²) in [6.45, 7) is 10.0. The molecule has 0 spiro atoms. The van der Waals surface area contributed by atoms with Crippen molar-refractivity contribution in [2.75, 3.05) is 26.2 Å². The van der Waals surface area contributed by atoms with Crippen LogP contribution in [0.1, 0.15) is 52.7 Å². The van der Waals surface area contributed by atoms with E-state index in [2.05, 4.69) is 47.7 Å². The number of hydrogen-bond acceptors (Lipinski definition) is 5. The van der Waals surface area contributed by atoms with Crippen LogP contribution in [0.15, 0.2) is 23.7 Å². The van der Waals surface area contributed by atoms with Gasteiger partial charge in [-0.15, -0.1) is 0 Å². The molecule has 5 nitrogen and oxygen atoms in total. The Bertz CT molecular complexity index is 813. The summed E-state index contributed by atoms with van der Waals surface area (Å²) in [5, 5.41) is 2.75. The van der Waals surface area contributed by atoms with Gasteiger partial charge < -0.3 is 9.64 Å². The van der Waals surface area contributed by atoms with Crippen LogP contribution in [0.3, 0.4) is 0 Å². The molecule has 0 bridgehead atoms. The van der Waals surface area contributed by atoms with E-state index in [0.29, 0.717) is 6.04 Å². The number of nitrogens with zero attached hydrogens (tertiary/aromatic N) is 3. The fourth-order valence-electron chi connectivity index (χ4n) is 4.88. The van der Waals surface area contributed by atoms with E-state index in [1.807, 2.05) is 5.38 Å². The predicted molar refractivity (Wildman–Crippen MR) is 117 cm³/mol. The van der Waals surface area contributed by atoms with Gasteiger partial charge >= 0.3 is 0 Å². The molecule has 1 aromatic heterocycles. The molecule has 2 aliphatic heterocycles. The van der Waals surface area contributed by atoms with E-state index < -0.39 is 0 Å². The lowest BCUT2D eigenvalue weighted by Gasteiger charge is -2.41. The molecule has 2 fully saturated rings. The van der Waals surface area contributed by atoms with E-state index in [4.69, 9.17) is 4.74 Å². The van der Waals surface area contributed by atoms with Gasteiger partial charge in [0, 0.05) is 49.4 Å². The smallest absolute Gasteiger partial charge is 0.273 e. The second kappa shape index (κ2) is 8.84. The van der Waals surface area contributed by atoms with Crippen molar-refractivity contribution in [3.8, 4) is 5.19 Å². The first-order valence-corrected chi connectivity index (χ1v) is 11.6. The van der Waals surface area contributed by atoms with Gasteiger partial charge in [-0.05, 0) is 57.6 Å². The van der Waals surface area contributed by atoms with Gasteiger partial charge in [-0.1, -0.05) is 29.0 Å². The highest BCUT2D eigenvalue weighted by Gasteiger charge is 2.31. The topological polar surface area (TPSA) is 45.7 Å². The Balaban J connectivity index is 1.28. The summed E-state index contributed by atoms with van der Waals surface area (Å²) in [4.78, 5) is 22.0. The molecule has 156 valence electrons. The number of rotatable bonds is 4. The summed E-state index contributed by atoms with van der Waals surface area (Å²) in [6, 6.07) is 4.82. The van der Waals surface area contributed by atoms with Crippen LogP contribution < -0.4 is 4.74 Å². The maximum atomic E-state index is 13.1. The lowest BCUT2D eigenvalue weighted by molar-refractivity contribution is 0.0424. The van der Waals surface area contributed by atoms with Crippen molar-refractivity contribution in [2.24, 2.45) is 0 Å². The molecule has 0 atom stereocenters. The maximum absolute atomic E-state index is 13.1. The van der Waals surface area contributed by atoms with Gasteiger partial charge in [-0.2, -0.15) is 0 Å². The van der Waals surface area contributed by atoms with Crippen LogP contribution in [0.4, 0.5) is 0 Å². The molecule has 1 aromatic carbocycles. The van der Waals surface area contributed by atoms with Crippen molar-refractivity contribution >= 4 is 17.2 Å². The third kappa shape index (κ3) is 4.64. The minimum atomic E-state index is 0.203. The fourth-order valence-corrected chi connectivity index (χ4v) is 5.43. The standard InChI is InChI=1S/C23H31N3O2S/c1-16-14-17(2)21(18(3)15-16)22(27)26-9-4-19(5-10-26)25-11-6-20(7-12-25)28-23-24-8-13-29-23/h8,13-15,19-20H,4-7,9-12H2,1-3H3. The van der Waals surface area contributed by atoms with Gasteiger partial charge in [-0.3, -0.25) is 9.69 Å². The number of likely N-dealkylation sites (tertiary alicyclic amines) is 2. The van der Waals surface area contributed by atoms with Gasteiger partial charge in [-0.25, -0.2) is 4.98 Å². The van der Waals surface area contributed by atoms with Crippen molar-refractivity contribution in [3.63, 3.8) is 0 Å². The average molecular weight is 414 g/mol. The predicted octanol–water partition coefficient (Wildman–Crippen LogP) is 4.22. The van der Waals surface area contributed by atoms with E-state index in [9.17, 15) is 4.79 Å². The van der Waals surface area contributed by atoms with Crippen LogP contribution in [0.2, 0.25) is 0 Å². The normalized spacial score (nSPS) is 19.5. The summed E-state index contributed by atoms with van der Waals surface area (Å²) in [7, 11) is 0. The number of piperidine rings is 2. The Morgan fingerprint density at radius 3 is 2.28 bits per heavy atom. The fraction of sp³-hybridized carbons (Fsp3) is 0.565. The quantitative estimate of drug-likeness (QED) is 0.753. The van der Waals surface area contributed by atoms with Crippen LogP contribution in [0.25, 0.3) is 0 Å². The molecule has 0 aliphatic carbocycles. The Kier molecular flexibility index (Phi) is 6.20. The van der Waals surface area contributed by atoms with E-state index in [1.165, 1.54) is 5.56 Å². The summed E-state index contributed by atoms with van der Waals surface area (Å²) >= 11 is 1.56. The Hall–Kier alpha value is -1.92. The first-order chi connectivity index (χ1) is 14.0. The number of carbonyl (C=O) groups excluding carboxylic acids is 1. The zero-order valence-corrected chi connectivity index (χ0v) is 18.5. The second-order valence-electron chi connectivity index (χ2n) is 8.45. The highest BCUT2D eigenvalue weighted by Crippen LogP contribution is 2.26. The van der Waals surface area contributed by atoms with Crippen LogP contribution in [-0.2, 0) is 0 Å². The summed E-state index contributed by atoms with van der Waals surface area (Å²) in [5.74, 6) is 0.203. The second-order valence-corrected chi connectivity index (χ2v) is 9.31. The molecule has 1 amide bonds.